The first-order valence-corrected chi connectivity index (χ1v) is 5.32. The van der Waals surface area contributed by atoms with Crippen LogP contribution in [-0.2, 0) is 4.79 Å². The first kappa shape index (κ1) is 11.2. The Balaban J connectivity index is 2.63. The van der Waals surface area contributed by atoms with Gasteiger partial charge in [-0.3, -0.25) is 9.59 Å². The molecule has 1 aromatic heterocycles. The van der Waals surface area contributed by atoms with Crippen molar-refractivity contribution in [3.8, 4) is 0 Å². The number of hydrogen-bond donors (Lipinski definition) is 1. The number of rotatable bonds is 3. The van der Waals surface area contributed by atoms with E-state index >= 15 is 0 Å². The van der Waals surface area contributed by atoms with Gasteiger partial charge in [-0.1, -0.05) is 11.6 Å². The molecule has 3 nitrogen and oxygen atoms in total. The third-order valence-corrected chi connectivity index (χ3v) is 2.88. The fraction of sp³-hybridized carbons (Fsp3) is 0.333. The van der Waals surface area contributed by atoms with Crippen LogP contribution in [0.25, 0.3) is 0 Å². The molecule has 0 saturated heterocycles. The van der Waals surface area contributed by atoms with Crippen LogP contribution in [0.15, 0.2) is 11.4 Å². The molecule has 1 unspecified atom stereocenters. The Kier molecular flexibility index (Phi) is 3.66. The van der Waals surface area contributed by atoms with Crippen molar-refractivity contribution in [1.82, 2.24) is 5.32 Å². The SMILES string of the molecule is CC(=O)C(C)NC(=O)c1csc(Cl)c1. The number of carbonyl (C=O) groups is 2. The predicted molar refractivity (Wildman–Crippen MR) is 56.9 cm³/mol. The zero-order valence-corrected chi connectivity index (χ0v) is 9.41. The Hall–Kier alpha value is -0.870. The van der Waals surface area contributed by atoms with Crippen LogP contribution in [-0.4, -0.2) is 17.7 Å². The second-order valence-corrected chi connectivity index (χ2v) is 4.49. The summed E-state index contributed by atoms with van der Waals surface area (Å²) < 4.78 is 0.561. The predicted octanol–water partition coefficient (Wildman–Crippen LogP) is 2.11. The Morgan fingerprint density at radius 2 is 2.21 bits per heavy atom. The normalized spacial score (nSPS) is 12.2. The average molecular weight is 232 g/mol. The fourth-order valence-corrected chi connectivity index (χ4v) is 1.67. The van der Waals surface area contributed by atoms with Crippen molar-refractivity contribution in [2.75, 3.05) is 0 Å². The van der Waals surface area contributed by atoms with E-state index in [1.54, 1.807) is 18.4 Å². The van der Waals surface area contributed by atoms with Crippen LogP contribution in [0.1, 0.15) is 24.2 Å². The average Bonchev–Trinajstić information content (AvgIpc) is 2.51. The van der Waals surface area contributed by atoms with Crippen LogP contribution < -0.4 is 5.32 Å². The van der Waals surface area contributed by atoms with Gasteiger partial charge in [-0.15, -0.1) is 11.3 Å². The first-order chi connectivity index (χ1) is 6.50. The van der Waals surface area contributed by atoms with Crippen LogP contribution in [0, 0.1) is 0 Å². The van der Waals surface area contributed by atoms with Gasteiger partial charge in [0.2, 0.25) is 0 Å². The number of thiophene rings is 1. The summed E-state index contributed by atoms with van der Waals surface area (Å²) in [6.45, 7) is 3.08. The minimum atomic E-state index is -0.457. The number of ketones is 1. The number of carbonyl (C=O) groups excluding carboxylic acids is 2. The smallest absolute Gasteiger partial charge is 0.252 e. The van der Waals surface area contributed by atoms with E-state index in [1.807, 2.05) is 0 Å². The van der Waals surface area contributed by atoms with Crippen molar-refractivity contribution in [2.24, 2.45) is 0 Å². The lowest BCUT2D eigenvalue weighted by Crippen LogP contribution is -2.37. The topological polar surface area (TPSA) is 46.2 Å². The summed E-state index contributed by atoms with van der Waals surface area (Å²) in [6.07, 6.45) is 0. The molecule has 1 aromatic rings. The molecule has 76 valence electrons. The molecule has 0 saturated carbocycles. The molecular weight excluding hydrogens is 222 g/mol. The number of amides is 1. The van der Waals surface area contributed by atoms with E-state index in [1.165, 1.54) is 18.3 Å². The van der Waals surface area contributed by atoms with Crippen molar-refractivity contribution in [3.05, 3.63) is 21.3 Å². The third-order valence-electron chi connectivity index (χ3n) is 1.79. The Labute approximate surface area is 91.1 Å². The van der Waals surface area contributed by atoms with E-state index in [0.29, 0.717) is 9.90 Å². The number of Topliss-reactive ketones (excluding diaryl/α,β-unsaturated/α-hetero) is 1. The maximum atomic E-state index is 11.5. The van der Waals surface area contributed by atoms with Gasteiger partial charge in [0.05, 0.1) is 15.9 Å². The first-order valence-electron chi connectivity index (χ1n) is 4.06. The molecule has 1 amide bonds. The highest BCUT2D eigenvalue weighted by Gasteiger charge is 2.13. The quantitative estimate of drug-likeness (QED) is 0.866. The lowest BCUT2D eigenvalue weighted by Gasteiger charge is -2.08. The summed E-state index contributed by atoms with van der Waals surface area (Å²) in [4.78, 5) is 22.3. The number of hydrogen-bond acceptors (Lipinski definition) is 3. The van der Waals surface area contributed by atoms with E-state index in [2.05, 4.69) is 5.32 Å². The summed E-state index contributed by atoms with van der Waals surface area (Å²) in [6, 6.07) is 1.12. The second kappa shape index (κ2) is 4.57. The lowest BCUT2D eigenvalue weighted by molar-refractivity contribution is -0.118. The zero-order valence-electron chi connectivity index (χ0n) is 7.83. The third kappa shape index (κ3) is 2.82. The van der Waals surface area contributed by atoms with Gasteiger partial charge in [0, 0.05) is 5.38 Å². The highest BCUT2D eigenvalue weighted by Crippen LogP contribution is 2.19. The maximum absolute atomic E-state index is 11.5. The highest BCUT2D eigenvalue weighted by molar-refractivity contribution is 7.14. The summed E-state index contributed by atoms with van der Waals surface area (Å²) in [5, 5.41) is 4.23. The van der Waals surface area contributed by atoms with E-state index < -0.39 is 6.04 Å². The van der Waals surface area contributed by atoms with E-state index in [9.17, 15) is 9.59 Å². The Morgan fingerprint density at radius 1 is 1.57 bits per heavy atom. The van der Waals surface area contributed by atoms with Crippen molar-refractivity contribution >= 4 is 34.6 Å². The Bertz CT molecular complexity index is 361. The molecule has 5 heteroatoms. The van der Waals surface area contributed by atoms with Gasteiger partial charge in [0.25, 0.3) is 5.91 Å². The molecule has 0 aromatic carbocycles. The van der Waals surface area contributed by atoms with Gasteiger partial charge >= 0.3 is 0 Å². The van der Waals surface area contributed by atoms with Crippen molar-refractivity contribution in [1.29, 1.82) is 0 Å². The minimum absolute atomic E-state index is 0.0697. The number of nitrogens with one attached hydrogen (secondary N) is 1. The van der Waals surface area contributed by atoms with Gasteiger partial charge in [-0.2, -0.15) is 0 Å². The Morgan fingerprint density at radius 3 is 2.64 bits per heavy atom. The van der Waals surface area contributed by atoms with Crippen LogP contribution in [0.3, 0.4) is 0 Å². The van der Waals surface area contributed by atoms with Crippen LogP contribution in [0.4, 0.5) is 0 Å². The molecule has 0 radical (unpaired) electrons. The molecule has 1 rings (SSSR count). The molecule has 0 aliphatic carbocycles. The summed E-state index contributed by atoms with van der Waals surface area (Å²) in [5.41, 5.74) is 0.494. The fourth-order valence-electron chi connectivity index (χ4n) is 0.811. The molecule has 0 fully saturated rings. The van der Waals surface area contributed by atoms with Gasteiger partial charge in [0.15, 0.2) is 5.78 Å². The molecule has 0 spiro atoms. The van der Waals surface area contributed by atoms with Crippen LogP contribution in [0.5, 0.6) is 0 Å². The van der Waals surface area contributed by atoms with Crippen LogP contribution >= 0.6 is 22.9 Å². The summed E-state index contributed by atoms with van der Waals surface area (Å²) in [7, 11) is 0. The monoisotopic (exact) mass is 231 g/mol. The van der Waals surface area contributed by atoms with Crippen molar-refractivity contribution in [2.45, 2.75) is 19.9 Å². The largest absolute Gasteiger partial charge is 0.343 e. The summed E-state index contributed by atoms with van der Waals surface area (Å²) in [5.74, 6) is -0.337. The number of halogens is 1. The summed E-state index contributed by atoms with van der Waals surface area (Å²) >= 11 is 6.96. The molecule has 1 atom stereocenters. The van der Waals surface area contributed by atoms with E-state index in [-0.39, 0.29) is 11.7 Å². The molecule has 0 aliphatic heterocycles. The molecule has 1 heterocycles. The van der Waals surface area contributed by atoms with Gasteiger partial charge < -0.3 is 5.32 Å². The van der Waals surface area contributed by atoms with Crippen molar-refractivity contribution < 1.29 is 9.59 Å². The molecule has 1 N–H and O–H groups in total. The standard InChI is InChI=1S/C9H10ClNO2S/c1-5(6(2)12)11-9(13)7-3-8(10)14-4-7/h3-5H,1-2H3,(H,11,13). The molecule has 0 aliphatic rings. The molecule has 14 heavy (non-hydrogen) atoms. The molecular formula is C9H10ClNO2S. The van der Waals surface area contributed by atoms with E-state index in [0.717, 1.165) is 0 Å². The maximum Gasteiger partial charge on any atom is 0.252 e. The zero-order chi connectivity index (χ0) is 10.7. The van der Waals surface area contributed by atoms with Gasteiger partial charge in [-0.25, -0.2) is 0 Å². The lowest BCUT2D eigenvalue weighted by atomic mass is 10.2. The minimum Gasteiger partial charge on any atom is -0.343 e. The van der Waals surface area contributed by atoms with Gasteiger partial charge in [0.1, 0.15) is 0 Å². The van der Waals surface area contributed by atoms with Crippen molar-refractivity contribution in [3.63, 3.8) is 0 Å². The highest BCUT2D eigenvalue weighted by atomic mass is 35.5. The van der Waals surface area contributed by atoms with Crippen LogP contribution in [0.2, 0.25) is 4.34 Å². The van der Waals surface area contributed by atoms with Gasteiger partial charge in [-0.05, 0) is 19.9 Å². The van der Waals surface area contributed by atoms with E-state index in [4.69, 9.17) is 11.6 Å². The molecule has 0 bridgehead atoms. The second-order valence-electron chi connectivity index (χ2n) is 2.95.